The molecule has 0 spiro atoms. The van der Waals surface area contributed by atoms with Gasteiger partial charge in [-0.3, -0.25) is 4.79 Å². The number of benzene rings is 1. The second-order valence-electron chi connectivity index (χ2n) is 5.91. The standard InChI is InChI=1S/C16H23N3O2/c1-4-7-14-18-12-8-5-6-9-13(12)19(14)11(2)10-16(3,17)15(20)21/h5-6,8-9,11H,4,7,10,17H2,1-3H3,(H,20,21). The molecule has 114 valence electrons. The van der Waals surface area contributed by atoms with E-state index in [1.165, 1.54) is 0 Å². The van der Waals surface area contributed by atoms with Crippen LogP contribution in [0.3, 0.4) is 0 Å². The molecule has 0 amide bonds. The fourth-order valence-corrected chi connectivity index (χ4v) is 2.78. The molecule has 0 radical (unpaired) electrons. The Balaban J connectivity index is 2.43. The molecule has 0 saturated heterocycles. The van der Waals surface area contributed by atoms with Gasteiger partial charge in [-0.1, -0.05) is 19.1 Å². The number of rotatable bonds is 6. The molecule has 0 saturated carbocycles. The van der Waals surface area contributed by atoms with Crippen molar-refractivity contribution in [1.82, 2.24) is 9.55 Å². The number of nitrogens with two attached hydrogens (primary N) is 1. The zero-order valence-electron chi connectivity index (χ0n) is 12.8. The Bertz CT molecular complexity index is 646. The highest BCUT2D eigenvalue weighted by Crippen LogP contribution is 2.27. The molecule has 0 aliphatic heterocycles. The molecule has 2 rings (SSSR count). The molecule has 3 N–H and O–H groups in total. The van der Waals surface area contributed by atoms with Crippen molar-refractivity contribution >= 4 is 17.0 Å². The maximum Gasteiger partial charge on any atom is 0.323 e. The minimum absolute atomic E-state index is 0.0231. The number of imidazole rings is 1. The molecule has 2 atom stereocenters. The highest BCUT2D eigenvalue weighted by Gasteiger charge is 2.31. The van der Waals surface area contributed by atoms with Gasteiger partial charge in [0.2, 0.25) is 0 Å². The van der Waals surface area contributed by atoms with Gasteiger partial charge in [0, 0.05) is 12.5 Å². The van der Waals surface area contributed by atoms with E-state index in [4.69, 9.17) is 5.73 Å². The zero-order valence-corrected chi connectivity index (χ0v) is 12.8. The van der Waals surface area contributed by atoms with Gasteiger partial charge in [-0.2, -0.15) is 0 Å². The minimum Gasteiger partial charge on any atom is -0.480 e. The largest absolute Gasteiger partial charge is 0.480 e. The maximum atomic E-state index is 11.3. The summed E-state index contributed by atoms with van der Waals surface area (Å²) in [4.78, 5) is 15.9. The Labute approximate surface area is 124 Å². The number of nitrogens with zero attached hydrogens (tertiary/aromatic N) is 2. The molecular weight excluding hydrogens is 266 g/mol. The predicted octanol–water partition coefficient (Wildman–Crippen LogP) is 2.74. The predicted molar refractivity (Wildman–Crippen MR) is 83.3 cm³/mol. The van der Waals surface area contributed by atoms with E-state index in [2.05, 4.69) is 16.5 Å². The lowest BCUT2D eigenvalue weighted by Gasteiger charge is -2.26. The number of aromatic nitrogens is 2. The van der Waals surface area contributed by atoms with Gasteiger partial charge in [0.25, 0.3) is 0 Å². The van der Waals surface area contributed by atoms with Crippen molar-refractivity contribution in [1.29, 1.82) is 0 Å². The topological polar surface area (TPSA) is 81.1 Å². The lowest BCUT2D eigenvalue weighted by Crippen LogP contribution is -2.46. The van der Waals surface area contributed by atoms with Gasteiger partial charge in [-0.25, -0.2) is 4.98 Å². The average Bonchev–Trinajstić information content (AvgIpc) is 2.76. The van der Waals surface area contributed by atoms with Crippen LogP contribution in [-0.2, 0) is 11.2 Å². The fraction of sp³-hybridized carbons (Fsp3) is 0.500. The summed E-state index contributed by atoms with van der Waals surface area (Å²) in [6, 6.07) is 7.92. The summed E-state index contributed by atoms with van der Waals surface area (Å²) in [7, 11) is 0. The Morgan fingerprint density at radius 3 is 2.76 bits per heavy atom. The van der Waals surface area contributed by atoms with Gasteiger partial charge in [0.1, 0.15) is 11.4 Å². The van der Waals surface area contributed by atoms with Gasteiger partial charge in [0.15, 0.2) is 0 Å². The highest BCUT2D eigenvalue weighted by molar-refractivity contribution is 5.78. The zero-order chi connectivity index (χ0) is 15.6. The number of para-hydroxylation sites is 2. The first kappa shape index (κ1) is 15.5. The third-order valence-corrected chi connectivity index (χ3v) is 3.79. The monoisotopic (exact) mass is 289 g/mol. The summed E-state index contributed by atoms with van der Waals surface area (Å²) in [6.45, 7) is 5.67. The van der Waals surface area contributed by atoms with Gasteiger partial charge in [0.05, 0.1) is 11.0 Å². The Morgan fingerprint density at radius 1 is 1.48 bits per heavy atom. The normalized spacial score (nSPS) is 15.8. The molecule has 2 aromatic rings. The summed E-state index contributed by atoms with van der Waals surface area (Å²) in [5, 5.41) is 9.22. The number of carbonyl (C=O) groups is 1. The van der Waals surface area contributed by atoms with Crippen LogP contribution in [0, 0.1) is 0 Å². The smallest absolute Gasteiger partial charge is 0.323 e. The number of aryl methyl sites for hydroxylation is 1. The molecule has 1 aromatic carbocycles. The molecular formula is C16H23N3O2. The number of aliphatic carboxylic acids is 1. The van der Waals surface area contributed by atoms with Gasteiger partial charge in [-0.05, 0) is 38.8 Å². The van der Waals surface area contributed by atoms with E-state index in [9.17, 15) is 9.90 Å². The number of carboxylic acids is 1. The van der Waals surface area contributed by atoms with Crippen molar-refractivity contribution in [3.8, 4) is 0 Å². The number of carboxylic acid groups (broad SMARTS) is 1. The van der Waals surface area contributed by atoms with Crippen LogP contribution in [0.2, 0.25) is 0 Å². The fourth-order valence-electron chi connectivity index (χ4n) is 2.78. The molecule has 21 heavy (non-hydrogen) atoms. The van der Waals surface area contributed by atoms with E-state index in [0.717, 1.165) is 29.7 Å². The van der Waals surface area contributed by atoms with Crippen LogP contribution < -0.4 is 5.73 Å². The molecule has 0 aliphatic carbocycles. The summed E-state index contributed by atoms with van der Waals surface area (Å²) in [6.07, 6.45) is 2.22. The maximum absolute atomic E-state index is 11.3. The number of hydrogen-bond acceptors (Lipinski definition) is 3. The van der Waals surface area contributed by atoms with Crippen LogP contribution in [-0.4, -0.2) is 26.2 Å². The SMILES string of the molecule is CCCc1nc2ccccc2n1C(C)CC(C)(N)C(=O)O. The van der Waals surface area contributed by atoms with Crippen LogP contribution in [0.5, 0.6) is 0 Å². The first-order chi connectivity index (χ1) is 9.86. The van der Waals surface area contributed by atoms with Crippen LogP contribution in [0.1, 0.15) is 45.5 Å². The lowest BCUT2D eigenvalue weighted by molar-refractivity contribution is -0.143. The lowest BCUT2D eigenvalue weighted by atomic mass is 9.94. The molecule has 2 unspecified atom stereocenters. The molecule has 1 heterocycles. The van der Waals surface area contributed by atoms with E-state index >= 15 is 0 Å². The van der Waals surface area contributed by atoms with E-state index in [1.54, 1.807) is 6.92 Å². The van der Waals surface area contributed by atoms with Crippen molar-refractivity contribution in [3.05, 3.63) is 30.1 Å². The number of fused-ring (bicyclic) bond motifs is 1. The first-order valence-corrected chi connectivity index (χ1v) is 7.35. The van der Waals surface area contributed by atoms with Crippen molar-refractivity contribution < 1.29 is 9.90 Å². The van der Waals surface area contributed by atoms with Crippen molar-refractivity contribution in [3.63, 3.8) is 0 Å². The molecule has 5 nitrogen and oxygen atoms in total. The Kier molecular flexibility index (Phi) is 4.32. The van der Waals surface area contributed by atoms with Crippen LogP contribution in [0.25, 0.3) is 11.0 Å². The van der Waals surface area contributed by atoms with Crippen LogP contribution in [0.4, 0.5) is 0 Å². The average molecular weight is 289 g/mol. The minimum atomic E-state index is -1.24. The van der Waals surface area contributed by atoms with E-state index in [-0.39, 0.29) is 6.04 Å². The third kappa shape index (κ3) is 3.08. The summed E-state index contributed by atoms with van der Waals surface area (Å²) in [5.74, 6) is 0.0169. The van der Waals surface area contributed by atoms with Gasteiger partial charge < -0.3 is 15.4 Å². The second-order valence-corrected chi connectivity index (χ2v) is 5.91. The quantitative estimate of drug-likeness (QED) is 0.856. The van der Waals surface area contributed by atoms with E-state index < -0.39 is 11.5 Å². The van der Waals surface area contributed by atoms with Crippen molar-refractivity contribution in [2.45, 2.75) is 51.6 Å². The van der Waals surface area contributed by atoms with Gasteiger partial charge >= 0.3 is 5.97 Å². The Morgan fingerprint density at radius 2 is 2.14 bits per heavy atom. The van der Waals surface area contributed by atoms with Crippen molar-refractivity contribution in [2.75, 3.05) is 0 Å². The second kappa shape index (κ2) is 5.85. The Hall–Kier alpha value is -1.88. The summed E-state index contributed by atoms with van der Waals surface area (Å²) in [5.41, 5.74) is 6.64. The van der Waals surface area contributed by atoms with E-state index in [0.29, 0.717) is 6.42 Å². The molecule has 5 heteroatoms. The summed E-state index contributed by atoms with van der Waals surface area (Å²) < 4.78 is 2.13. The number of hydrogen-bond donors (Lipinski definition) is 2. The summed E-state index contributed by atoms with van der Waals surface area (Å²) >= 11 is 0. The van der Waals surface area contributed by atoms with E-state index in [1.807, 2.05) is 31.2 Å². The molecule has 1 aromatic heterocycles. The first-order valence-electron chi connectivity index (χ1n) is 7.35. The third-order valence-electron chi connectivity index (χ3n) is 3.79. The molecule has 0 aliphatic rings. The highest BCUT2D eigenvalue weighted by atomic mass is 16.4. The van der Waals surface area contributed by atoms with Crippen LogP contribution >= 0.6 is 0 Å². The van der Waals surface area contributed by atoms with Crippen LogP contribution in [0.15, 0.2) is 24.3 Å². The van der Waals surface area contributed by atoms with Crippen molar-refractivity contribution in [2.24, 2.45) is 5.73 Å². The van der Waals surface area contributed by atoms with Gasteiger partial charge in [-0.15, -0.1) is 0 Å². The molecule has 0 fully saturated rings. The molecule has 0 bridgehead atoms.